The predicted octanol–water partition coefficient (Wildman–Crippen LogP) is 3.58. The van der Waals surface area contributed by atoms with Crippen molar-refractivity contribution < 1.29 is 0 Å². The number of nitrogens with zero attached hydrogens (tertiary/aromatic N) is 7. The molecule has 28 heavy (non-hydrogen) atoms. The molecule has 0 spiro atoms. The van der Waals surface area contributed by atoms with Gasteiger partial charge in [0, 0.05) is 24.8 Å². The average molecular weight is 365 g/mol. The maximum atomic E-state index is 4.64. The van der Waals surface area contributed by atoms with Crippen LogP contribution in [0.5, 0.6) is 0 Å². The lowest BCUT2D eigenvalue weighted by molar-refractivity contribution is 0.803. The number of aromatic nitrogens is 7. The highest BCUT2D eigenvalue weighted by molar-refractivity contribution is 5.65. The summed E-state index contributed by atoms with van der Waals surface area (Å²) in [7, 11) is 0. The zero-order chi connectivity index (χ0) is 18.8. The Morgan fingerprint density at radius 1 is 0.714 bits per heavy atom. The lowest BCUT2D eigenvalue weighted by Gasteiger charge is -2.05. The van der Waals surface area contributed by atoms with Crippen molar-refractivity contribution in [1.29, 1.82) is 0 Å². The van der Waals surface area contributed by atoms with Gasteiger partial charge in [-0.05, 0) is 53.6 Å². The van der Waals surface area contributed by atoms with Crippen LogP contribution >= 0.6 is 0 Å². The lowest BCUT2D eigenvalue weighted by Crippen LogP contribution is -1.98. The van der Waals surface area contributed by atoms with Crippen molar-refractivity contribution in [3.63, 3.8) is 0 Å². The van der Waals surface area contributed by atoms with E-state index >= 15 is 0 Å². The van der Waals surface area contributed by atoms with Gasteiger partial charge in [-0.2, -0.15) is 5.10 Å². The normalized spacial score (nSPS) is 10.9. The topological polar surface area (TPSA) is 74.3 Å². The predicted molar refractivity (Wildman–Crippen MR) is 105 cm³/mol. The minimum atomic E-state index is 0.698. The Morgan fingerprint density at radius 2 is 1.61 bits per heavy atom. The van der Waals surface area contributed by atoms with Crippen LogP contribution in [0.3, 0.4) is 0 Å². The highest BCUT2D eigenvalue weighted by atomic mass is 15.4. The van der Waals surface area contributed by atoms with E-state index in [1.165, 1.54) is 0 Å². The van der Waals surface area contributed by atoms with Gasteiger partial charge in [0.15, 0.2) is 5.82 Å². The molecule has 0 bridgehead atoms. The molecule has 0 atom stereocenters. The molecule has 0 N–H and O–H groups in total. The molecule has 0 radical (unpaired) electrons. The van der Waals surface area contributed by atoms with Gasteiger partial charge in [0.1, 0.15) is 5.69 Å². The smallest absolute Gasteiger partial charge is 0.154 e. The zero-order valence-corrected chi connectivity index (χ0v) is 14.8. The van der Waals surface area contributed by atoms with Crippen molar-refractivity contribution in [3.05, 3.63) is 91.6 Å². The van der Waals surface area contributed by atoms with Crippen LogP contribution in [-0.2, 0) is 0 Å². The molecule has 5 rings (SSSR count). The summed E-state index contributed by atoms with van der Waals surface area (Å²) in [6.07, 6.45) is 9.02. The summed E-state index contributed by atoms with van der Waals surface area (Å²) in [5, 5.41) is 12.8. The first-order valence-corrected chi connectivity index (χ1v) is 8.77. The van der Waals surface area contributed by atoms with Crippen molar-refractivity contribution in [2.75, 3.05) is 0 Å². The molecule has 1 aromatic carbocycles. The summed E-state index contributed by atoms with van der Waals surface area (Å²) < 4.78 is 3.47. The first-order valence-electron chi connectivity index (χ1n) is 8.77. The fraction of sp³-hybridized carbons (Fsp3) is 0. The molecule has 5 aromatic rings. The number of benzene rings is 1. The minimum Gasteiger partial charge on any atom is -0.265 e. The molecule has 0 aliphatic carbocycles. The summed E-state index contributed by atoms with van der Waals surface area (Å²) in [4.78, 5) is 8.71. The van der Waals surface area contributed by atoms with E-state index in [-0.39, 0.29) is 0 Å². The quantitative estimate of drug-likeness (QED) is 0.487. The molecule has 134 valence electrons. The highest BCUT2D eigenvalue weighted by Gasteiger charge is 2.09. The molecule has 0 fully saturated rings. The van der Waals surface area contributed by atoms with Crippen molar-refractivity contribution >= 4 is 0 Å². The van der Waals surface area contributed by atoms with E-state index in [1.54, 1.807) is 28.0 Å². The van der Waals surface area contributed by atoms with Gasteiger partial charge in [-0.3, -0.25) is 4.98 Å². The van der Waals surface area contributed by atoms with Gasteiger partial charge in [0.25, 0.3) is 0 Å². The van der Waals surface area contributed by atoms with E-state index in [2.05, 4.69) is 37.5 Å². The van der Waals surface area contributed by atoms with Crippen LogP contribution in [0.2, 0.25) is 0 Å². The van der Waals surface area contributed by atoms with Crippen molar-refractivity contribution in [2.45, 2.75) is 0 Å². The van der Waals surface area contributed by atoms with Gasteiger partial charge in [0.05, 0.1) is 17.6 Å². The van der Waals surface area contributed by atoms with Crippen molar-refractivity contribution in [3.8, 4) is 34.0 Å². The van der Waals surface area contributed by atoms with Crippen LogP contribution < -0.4 is 0 Å². The first kappa shape index (κ1) is 16.1. The second kappa shape index (κ2) is 6.88. The number of hydrogen-bond donors (Lipinski definition) is 0. The third-order valence-electron chi connectivity index (χ3n) is 4.35. The maximum absolute atomic E-state index is 4.64. The first-order chi connectivity index (χ1) is 13.9. The van der Waals surface area contributed by atoms with Gasteiger partial charge in [-0.25, -0.2) is 14.3 Å². The van der Waals surface area contributed by atoms with E-state index in [0.29, 0.717) is 5.69 Å². The van der Waals surface area contributed by atoms with Gasteiger partial charge in [0.2, 0.25) is 0 Å². The standard InChI is InChI=1S/C21H15N7/c1-4-17(16-8-11-22-12-9-16)14-18(5-1)28-15-20(25-26-28)19-6-2-7-21(24-19)27-13-3-10-23-27/h1-15H. The molecule has 0 aliphatic heterocycles. The molecule has 4 heterocycles. The Kier molecular flexibility index (Phi) is 3.95. The highest BCUT2D eigenvalue weighted by Crippen LogP contribution is 2.22. The molecule has 0 aliphatic rings. The van der Waals surface area contributed by atoms with Gasteiger partial charge >= 0.3 is 0 Å². The zero-order valence-electron chi connectivity index (χ0n) is 14.8. The molecule has 7 nitrogen and oxygen atoms in total. The second-order valence-electron chi connectivity index (χ2n) is 6.17. The maximum Gasteiger partial charge on any atom is 0.154 e. The van der Waals surface area contributed by atoms with Gasteiger partial charge in [-0.15, -0.1) is 5.10 Å². The average Bonchev–Trinajstić information content (AvgIpc) is 3.47. The fourth-order valence-electron chi connectivity index (χ4n) is 2.98. The number of pyridine rings is 2. The molecule has 0 saturated carbocycles. The minimum absolute atomic E-state index is 0.698. The molecule has 0 saturated heterocycles. The van der Waals surface area contributed by atoms with Crippen LogP contribution in [0.4, 0.5) is 0 Å². The van der Waals surface area contributed by atoms with E-state index in [0.717, 1.165) is 28.3 Å². The number of hydrogen-bond acceptors (Lipinski definition) is 5. The van der Waals surface area contributed by atoms with Gasteiger partial charge < -0.3 is 0 Å². The third-order valence-corrected chi connectivity index (χ3v) is 4.35. The summed E-state index contributed by atoms with van der Waals surface area (Å²) in [5.41, 5.74) is 4.56. The Hall–Kier alpha value is -4.13. The summed E-state index contributed by atoms with van der Waals surface area (Å²) in [5.74, 6) is 0.733. The lowest BCUT2D eigenvalue weighted by atomic mass is 10.1. The third kappa shape index (κ3) is 3.05. The Morgan fingerprint density at radius 3 is 2.46 bits per heavy atom. The van der Waals surface area contributed by atoms with Crippen molar-refractivity contribution in [1.82, 2.24) is 34.7 Å². The summed E-state index contributed by atoms with van der Waals surface area (Å²) in [6.45, 7) is 0. The van der Waals surface area contributed by atoms with Gasteiger partial charge in [-0.1, -0.05) is 23.4 Å². The number of rotatable bonds is 4. The van der Waals surface area contributed by atoms with Crippen LogP contribution in [0, 0.1) is 0 Å². The molecule has 4 aromatic heterocycles. The van der Waals surface area contributed by atoms with Crippen LogP contribution in [0.1, 0.15) is 0 Å². The van der Waals surface area contributed by atoms with Crippen LogP contribution in [-0.4, -0.2) is 34.7 Å². The molecule has 7 heteroatoms. The molecule has 0 amide bonds. The van der Waals surface area contributed by atoms with Crippen molar-refractivity contribution in [2.24, 2.45) is 0 Å². The van der Waals surface area contributed by atoms with Crippen LogP contribution in [0.15, 0.2) is 91.6 Å². The Bertz CT molecular complexity index is 1210. The van der Waals surface area contributed by atoms with E-state index in [4.69, 9.17) is 0 Å². The van der Waals surface area contributed by atoms with E-state index in [1.807, 2.05) is 60.9 Å². The SMILES string of the molecule is c1cc(-c2ccncc2)cc(-n2cc(-c3cccc(-n4cccn4)n3)nn2)c1. The van der Waals surface area contributed by atoms with E-state index in [9.17, 15) is 0 Å². The molecular weight excluding hydrogens is 350 g/mol. The van der Waals surface area contributed by atoms with E-state index < -0.39 is 0 Å². The van der Waals surface area contributed by atoms with Crippen LogP contribution in [0.25, 0.3) is 34.0 Å². The largest absolute Gasteiger partial charge is 0.265 e. The second-order valence-corrected chi connectivity index (χ2v) is 6.17. The monoisotopic (exact) mass is 365 g/mol. The summed E-state index contributed by atoms with van der Waals surface area (Å²) >= 11 is 0. The Labute approximate surface area is 161 Å². The fourth-order valence-corrected chi connectivity index (χ4v) is 2.98. The summed E-state index contributed by atoms with van der Waals surface area (Å²) in [6, 6.07) is 19.7. The molecule has 0 unspecified atom stereocenters. The molecular formula is C21H15N7. The Balaban J connectivity index is 1.48.